The van der Waals surface area contributed by atoms with Crippen molar-refractivity contribution in [3.8, 4) is 0 Å². The molecule has 20 heavy (non-hydrogen) atoms. The summed E-state index contributed by atoms with van der Waals surface area (Å²) >= 11 is 0. The third-order valence-corrected chi connectivity index (χ3v) is 4.05. The molecule has 0 heterocycles. The molecule has 0 fully saturated rings. The lowest BCUT2D eigenvalue weighted by molar-refractivity contribution is 0.601. The molecule has 1 aromatic rings. The smallest absolute Gasteiger partial charge is 0.157 e. The van der Waals surface area contributed by atoms with Crippen molar-refractivity contribution in [1.29, 1.82) is 0 Å². The van der Waals surface area contributed by atoms with Crippen LogP contribution in [0.15, 0.2) is 59.7 Å². The van der Waals surface area contributed by atoms with E-state index in [4.69, 9.17) is 0 Å². The molecule has 3 heteroatoms. The molecule has 0 aliphatic carbocycles. The summed E-state index contributed by atoms with van der Waals surface area (Å²) in [5, 5.41) is 0. The monoisotopic (exact) mass is 290 g/mol. The third kappa shape index (κ3) is 7.10. The summed E-state index contributed by atoms with van der Waals surface area (Å²) in [5.41, 5.74) is 3.17. The van der Waals surface area contributed by atoms with Crippen molar-refractivity contribution in [2.75, 3.05) is 11.5 Å². The van der Waals surface area contributed by atoms with Crippen LogP contribution in [0.4, 0.5) is 0 Å². The second-order valence-electron chi connectivity index (χ2n) is 5.06. The Morgan fingerprint density at radius 2 is 1.70 bits per heavy atom. The lowest BCUT2D eigenvalue weighted by Crippen LogP contribution is -2.07. The Labute approximate surface area is 122 Å². The molecule has 1 aromatic carbocycles. The zero-order chi connectivity index (χ0) is 15.0. The Morgan fingerprint density at radius 1 is 1.05 bits per heavy atom. The molecule has 108 valence electrons. The van der Waals surface area contributed by atoms with E-state index in [1.165, 1.54) is 0 Å². The van der Waals surface area contributed by atoms with Gasteiger partial charge in [0.25, 0.3) is 0 Å². The zero-order valence-electron chi connectivity index (χ0n) is 12.3. The maximum Gasteiger partial charge on any atom is 0.157 e. The largest absolute Gasteiger partial charge is 0.228 e. The molecule has 1 rings (SSSR count). The molecule has 0 N–H and O–H groups in total. The van der Waals surface area contributed by atoms with Crippen LogP contribution in [0.5, 0.6) is 0 Å². The van der Waals surface area contributed by atoms with Gasteiger partial charge in [0.15, 0.2) is 9.84 Å². The van der Waals surface area contributed by atoms with Gasteiger partial charge in [-0.3, -0.25) is 0 Å². The van der Waals surface area contributed by atoms with Crippen molar-refractivity contribution in [3.63, 3.8) is 0 Å². The van der Waals surface area contributed by atoms with Crippen LogP contribution in [0.25, 0.3) is 6.08 Å². The van der Waals surface area contributed by atoms with Crippen LogP contribution in [0, 0.1) is 0 Å². The molecule has 0 bridgehead atoms. The highest BCUT2D eigenvalue weighted by molar-refractivity contribution is 7.91. The Kier molecular flexibility index (Phi) is 6.46. The fourth-order valence-corrected chi connectivity index (χ4v) is 2.72. The minimum absolute atomic E-state index is 0.0801. The van der Waals surface area contributed by atoms with Gasteiger partial charge in [0.2, 0.25) is 0 Å². The zero-order valence-corrected chi connectivity index (χ0v) is 13.2. The highest BCUT2D eigenvalue weighted by atomic mass is 32.2. The molecule has 0 unspecified atom stereocenters. The Hall–Kier alpha value is -1.61. The van der Waals surface area contributed by atoms with Gasteiger partial charge in [-0.05, 0) is 26.3 Å². The van der Waals surface area contributed by atoms with Crippen LogP contribution >= 0.6 is 0 Å². The summed E-state index contributed by atoms with van der Waals surface area (Å²) < 4.78 is 23.5. The van der Waals surface area contributed by atoms with Crippen LogP contribution in [-0.2, 0) is 9.84 Å². The molecule has 0 spiro atoms. The summed E-state index contributed by atoms with van der Waals surface area (Å²) in [5.74, 6) is 0.192. The fraction of sp³-hybridized carbons (Fsp3) is 0.294. The molecule has 2 nitrogen and oxygen atoms in total. The van der Waals surface area contributed by atoms with Gasteiger partial charge in [-0.2, -0.15) is 0 Å². The Balaban J connectivity index is 2.61. The van der Waals surface area contributed by atoms with E-state index in [0.717, 1.165) is 16.7 Å². The molecule has 0 saturated carbocycles. The second kappa shape index (κ2) is 7.85. The van der Waals surface area contributed by atoms with Crippen LogP contribution in [0.3, 0.4) is 0 Å². The van der Waals surface area contributed by atoms with E-state index in [-0.39, 0.29) is 11.5 Å². The van der Waals surface area contributed by atoms with Crippen LogP contribution in [0.2, 0.25) is 0 Å². The van der Waals surface area contributed by atoms with Crippen LogP contribution in [-0.4, -0.2) is 19.9 Å². The van der Waals surface area contributed by atoms with Crippen molar-refractivity contribution in [1.82, 2.24) is 0 Å². The first-order valence-corrected chi connectivity index (χ1v) is 8.45. The molecular weight excluding hydrogens is 268 g/mol. The van der Waals surface area contributed by atoms with Crippen molar-refractivity contribution in [3.05, 3.63) is 65.3 Å². The minimum Gasteiger partial charge on any atom is -0.228 e. The van der Waals surface area contributed by atoms with E-state index in [2.05, 4.69) is 0 Å². The second-order valence-corrected chi connectivity index (χ2v) is 7.21. The van der Waals surface area contributed by atoms with Gasteiger partial charge >= 0.3 is 0 Å². The number of benzene rings is 1. The molecule has 0 radical (unpaired) electrons. The number of allylic oxidation sites excluding steroid dienone is 3. The van der Waals surface area contributed by atoms with E-state index < -0.39 is 9.84 Å². The van der Waals surface area contributed by atoms with E-state index in [9.17, 15) is 8.42 Å². The molecule has 0 saturated heterocycles. The molecular formula is C17H22O2S. The maximum atomic E-state index is 11.8. The number of rotatable bonds is 6. The van der Waals surface area contributed by atoms with Crippen molar-refractivity contribution >= 4 is 15.9 Å². The molecule has 0 aromatic heterocycles. The Morgan fingerprint density at radius 3 is 2.30 bits per heavy atom. The lowest BCUT2D eigenvalue weighted by Gasteiger charge is -1.98. The molecule has 0 amide bonds. The number of hydrogen-bond donors (Lipinski definition) is 0. The topological polar surface area (TPSA) is 34.1 Å². The van der Waals surface area contributed by atoms with Gasteiger partial charge in [-0.1, -0.05) is 65.8 Å². The average Bonchev–Trinajstić information content (AvgIpc) is 2.37. The van der Waals surface area contributed by atoms with Crippen LogP contribution < -0.4 is 0 Å². The summed E-state index contributed by atoms with van der Waals surface area (Å²) in [4.78, 5) is 0. The highest BCUT2D eigenvalue weighted by Crippen LogP contribution is 2.07. The predicted octanol–water partition coefficient (Wildman–Crippen LogP) is 4.03. The van der Waals surface area contributed by atoms with Crippen molar-refractivity contribution in [2.45, 2.75) is 20.8 Å². The predicted molar refractivity (Wildman–Crippen MR) is 87.3 cm³/mol. The first kappa shape index (κ1) is 16.4. The number of hydrogen-bond acceptors (Lipinski definition) is 2. The molecule has 0 atom stereocenters. The van der Waals surface area contributed by atoms with Crippen molar-refractivity contribution in [2.24, 2.45) is 0 Å². The van der Waals surface area contributed by atoms with E-state index in [0.29, 0.717) is 0 Å². The summed E-state index contributed by atoms with van der Waals surface area (Å²) in [6, 6.07) is 9.96. The SMILES string of the molecule is CC(C)=CCS(=O)(=O)C/C=C/C(C)=C/c1ccccc1. The van der Waals surface area contributed by atoms with E-state index in [1.807, 2.05) is 63.3 Å². The van der Waals surface area contributed by atoms with Gasteiger partial charge in [-0.25, -0.2) is 8.42 Å². The summed E-state index contributed by atoms with van der Waals surface area (Å²) in [6.07, 6.45) is 7.34. The van der Waals surface area contributed by atoms with Crippen LogP contribution in [0.1, 0.15) is 26.3 Å². The standard InChI is InChI=1S/C17H22O2S/c1-15(2)11-13-20(18,19)12-7-8-16(3)14-17-9-5-4-6-10-17/h4-11,14H,12-13H2,1-3H3/b8-7+,16-14+. The minimum atomic E-state index is -3.04. The van der Waals surface area contributed by atoms with Gasteiger partial charge in [0, 0.05) is 0 Å². The lowest BCUT2D eigenvalue weighted by atomic mass is 10.1. The first-order chi connectivity index (χ1) is 9.39. The van der Waals surface area contributed by atoms with Gasteiger partial charge in [-0.15, -0.1) is 0 Å². The maximum absolute atomic E-state index is 11.8. The summed E-state index contributed by atoms with van der Waals surface area (Å²) in [7, 11) is -3.04. The van der Waals surface area contributed by atoms with Gasteiger partial charge in [0.1, 0.15) is 0 Å². The Bertz CT molecular complexity index is 602. The number of sulfone groups is 1. The molecule has 0 aliphatic heterocycles. The van der Waals surface area contributed by atoms with E-state index in [1.54, 1.807) is 12.2 Å². The normalized spacial score (nSPS) is 12.7. The quantitative estimate of drug-likeness (QED) is 0.585. The third-order valence-electron chi connectivity index (χ3n) is 2.67. The fourth-order valence-electron chi connectivity index (χ4n) is 1.60. The van der Waals surface area contributed by atoms with E-state index >= 15 is 0 Å². The van der Waals surface area contributed by atoms with Crippen molar-refractivity contribution < 1.29 is 8.42 Å². The first-order valence-electron chi connectivity index (χ1n) is 6.63. The highest BCUT2D eigenvalue weighted by Gasteiger charge is 2.05. The average molecular weight is 290 g/mol. The molecule has 0 aliphatic rings. The summed E-state index contributed by atoms with van der Waals surface area (Å²) in [6.45, 7) is 5.77. The van der Waals surface area contributed by atoms with Gasteiger partial charge < -0.3 is 0 Å². The van der Waals surface area contributed by atoms with Gasteiger partial charge in [0.05, 0.1) is 11.5 Å².